The lowest BCUT2D eigenvalue weighted by Gasteiger charge is -2.16. The van der Waals surface area contributed by atoms with Crippen LogP contribution in [0.2, 0.25) is 5.02 Å². The van der Waals surface area contributed by atoms with Crippen LogP contribution in [0.25, 0.3) is 10.9 Å². The molecule has 32 heavy (non-hydrogen) atoms. The molecule has 0 unspecified atom stereocenters. The highest BCUT2D eigenvalue weighted by Crippen LogP contribution is 2.22. The molecule has 0 aliphatic carbocycles. The molecule has 4 rings (SSSR count). The van der Waals surface area contributed by atoms with Crippen molar-refractivity contribution in [2.45, 2.75) is 19.5 Å². The molecule has 162 valence electrons. The second kappa shape index (κ2) is 9.24. The van der Waals surface area contributed by atoms with E-state index in [0.717, 1.165) is 22.0 Å². The van der Waals surface area contributed by atoms with E-state index in [2.05, 4.69) is 10.3 Å². The predicted molar refractivity (Wildman–Crippen MR) is 124 cm³/mol. The van der Waals surface area contributed by atoms with Crippen LogP contribution < -0.4 is 5.32 Å². The number of fused-ring (bicyclic) bond motifs is 1. The Morgan fingerprint density at radius 2 is 1.78 bits per heavy atom. The van der Waals surface area contributed by atoms with Crippen LogP contribution in [0.3, 0.4) is 0 Å². The van der Waals surface area contributed by atoms with Gasteiger partial charge in [0.2, 0.25) is 0 Å². The molecule has 0 aliphatic rings. The zero-order valence-electron chi connectivity index (χ0n) is 17.7. The maximum Gasteiger partial charge on any atom is 0.337 e. The van der Waals surface area contributed by atoms with Gasteiger partial charge in [0.25, 0.3) is 5.91 Å². The Morgan fingerprint density at radius 1 is 1.06 bits per heavy atom. The Labute approximate surface area is 190 Å². The molecule has 0 bridgehead atoms. The van der Waals surface area contributed by atoms with Gasteiger partial charge >= 0.3 is 5.97 Å². The third kappa shape index (κ3) is 4.50. The van der Waals surface area contributed by atoms with Crippen molar-refractivity contribution in [3.8, 4) is 0 Å². The van der Waals surface area contributed by atoms with Gasteiger partial charge in [-0.15, -0.1) is 0 Å². The fraction of sp³-hybridized carbons (Fsp3) is 0.160. The number of nitrogens with one attached hydrogen (secondary N) is 1. The normalized spacial score (nSPS) is 11.8. The lowest BCUT2D eigenvalue weighted by molar-refractivity contribution is 0.0600. The van der Waals surface area contributed by atoms with Gasteiger partial charge in [-0.3, -0.25) is 4.79 Å². The molecule has 2 heterocycles. The average Bonchev–Trinajstić information content (AvgIpc) is 3.23. The number of aromatic nitrogens is 2. The SMILES string of the molecule is COC(=O)c1ccc([C@H](C)NC(=O)c2nccc3ccn(Cc4ccc(Cl)cc4)c23)cc1. The topological polar surface area (TPSA) is 73.2 Å². The van der Waals surface area contributed by atoms with Gasteiger partial charge in [-0.1, -0.05) is 35.9 Å². The number of amides is 1. The van der Waals surface area contributed by atoms with E-state index in [0.29, 0.717) is 22.8 Å². The Kier molecular flexibility index (Phi) is 6.23. The lowest BCUT2D eigenvalue weighted by Crippen LogP contribution is -2.28. The number of hydrogen-bond acceptors (Lipinski definition) is 4. The summed E-state index contributed by atoms with van der Waals surface area (Å²) >= 11 is 5.99. The van der Waals surface area contributed by atoms with Crippen LogP contribution in [0.4, 0.5) is 0 Å². The van der Waals surface area contributed by atoms with E-state index < -0.39 is 5.97 Å². The van der Waals surface area contributed by atoms with Gasteiger partial charge in [0.15, 0.2) is 5.69 Å². The number of methoxy groups -OCH3 is 1. The van der Waals surface area contributed by atoms with Gasteiger partial charge in [0.05, 0.1) is 24.2 Å². The molecule has 1 amide bonds. The highest BCUT2D eigenvalue weighted by Gasteiger charge is 2.18. The standard InChI is InChI=1S/C25H22ClN3O3/c1-16(18-5-7-20(8-6-18)25(31)32-2)28-24(30)22-23-19(11-13-27-22)12-14-29(23)15-17-3-9-21(26)10-4-17/h3-14,16H,15H2,1-2H3,(H,28,30)/t16-/m0/s1. The second-order valence-corrected chi connectivity index (χ2v) is 7.91. The average molecular weight is 448 g/mol. The second-order valence-electron chi connectivity index (χ2n) is 7.48. The van der Waals surface area contributed by atoms with Gasteiger partial charge in [0, 0.05) is 29.3 Å². The van der Waals surface area contributed by atoms with Gasteiger partial charge in [0.1, 0.15) is 0 Å². The van der Waals surface area contributed by atoms with Gasteiger partial charge in [-0.2, -0.15) is 0 Å². The van der Waals surface area contributed by atoms with Gasteiger partial charge in [-0.25, -0.2) is 9.78 Å². The number of esters is 1. The number of carbonyl (C=O) groups is 2. The predicted octanol–water partition coefficient (Wildman–Crippen LogP) is 5.02. The minimum Gasteiger partial charge on any atom is -0.465 e. The van der Waals surface area contributed by atoms with Crippen molar-refractivity contribution >= 4 is 34.4 Å². The van der Waals surface area contributed by atoms with Crippen LogP contribution >= 0.6 is 11.6 Å². The number of rotatable bonds is 6. The fourth-order valence-corrected chi connectivity index (χ4v) is 3.73. The third-order valence-corrected chi connectivity index (χ3v) is 5.59. The minimum atomic E-state index is -0.398. The fourth-order valence-electron chi connectivity index (χ4n) is 3.61. The van der Waals surface area contributed by atoms with Crippen LogP contribution in [0.1, 0.15) is 44.9 Å². The number of nitrogens with zero attached hydrogens (tertiary/aromatic N) is 2. The first kappa shape index (κ1) is 21.6. The van der Waals surface area contributed by atoms with Crippen molar-refractivity contribution in [1.82, 2.24) is 14.9 Å². The molecular weight excluding hydrogens is 426 g/mol. The molecule has 0 saturated heterocycles. The molecule has 4 aromatic rings. The monoisotopic (exact) mass is 447 g/mol. The molecule has 0 radical (unpaired) electrons. The molecule has 0 aliphatic heterocycles. The third-order valence-electron chi connectivity index (χ3n) is 5.34. The molecule has 1 N–H and O–H groups in total. The summed E-state index contributed by atoms with van der Waals surface area (Å²) in [6.45, 7) is 2.48. The zero-order chi connectivity index (χ0) is 22.7. The largest absolute Gasteiger partial charge is 0.465 e. The minimum absolute atomic E-state index is 0.267. The van der Waals surface area contributed by atoms with E-state index in [1.807, 2.05) is 54.1 Å². The molecular formula is C25H22ClN3O3. The van der Waals surface area contributed by atoms with Gasteiger partial charge in [-0.05, 0) is 54.4 Å². The van der Waals surface area contributed by atoms with Crippen molar-refractivity contribution in [3.63, 3.8) is 0 Å². The number of carbonyl (C=O) groups excluding carboxylic acids is 2. The Bertz CT molecular complexity index is 1260. The van der Waals surface area contributed by atoms with Crippen LogP contribution in [0.15, 0.2) is 73.1 Å². The van der Waals surface area contributed by atoms with Gasteiger partial charge < -0.3 is 14.6 Å². The lowest BCUT2D eigenvalue weighted by atomic mass is 10.1. The summed E-state index contributed by atoms with van der Waals surface area (Å²) in [5, 5.41) is 4.63. The Morgan fingerprint density at radius 3 is 2.47 bits per heavy atom. The molecule has 1 atom stereocenters. The van der Waals surface area contributed by atoms with Crippen molar-refractivity contribution < 1.29 is 14.3 Å². The van der Waals surface area contributed by atoms with E-state index in [4.69, 9.17) is 16.3 Å². The van der Waals surface area contributed by atoms with Crippen LogP contribution in [0, 0.1) is 0 Å². The summed E-state index contributed by atoms with van der Waals surface area (Å²) in [6, 6.07) is 18.2. The maximum absolute atomic E-state index is 13.1. The zero-order valence-corrected chi connectivity index (χ0v) is 18.5. The summed E-state index contributed by atoms with van der Waals surface area (Å²) in [4.78, 5) is 29.1. The number of hydrogen-bond donors (Lipinski definition) is 1. The van der Waals surface area contributed by atoms with Crippen LogP contribution in [0.5, 0.6) is 0 Å². The smallest absolute Gasteiger partial charge is 0.337 e. The van der Waals surface area contributed by atoms with Crippen molar-refractivity contribution in [3.05, 3.63) is 100 Å². The summed E-state index contributed by atoms with van der Waals surface area (Å²) in [5.41, 5.74) is 3.53. The Balaban J connectivity index is 1.57. The van der Waals surface area contributed by atoms with E-state index in [-0.39, 0.29) is 11.9 Å². The molecule has 7 heteroatoms. The van der Waals surface area contributed by atoms with E-state index in [1.165, 1.54) is 7.11 Å². The van der Waals surface area contributed by atoms with Crippen molar-refractivity contribution in [1.29, 1.82) is 0 Å². The van der Waals surface area contributed by atoms with E-state index >= 15 is 0 Å². The number of halogens is 1. The first-order valence-electron chi connectivity index (χ1n) is 10.1. The first-order valence-corrected chi connectivity index (χ1v) is 10.5. The molecule has 0 saturated carbocycles. The summed E-state index contributed by atoms with van der Waals surface area (Å²) in [7, 11) is 1.34. The number of pyridine rings is 1. The van der Waals surface area contributed by atoms with E-state index in [1.54, 1.807) is 30.5 Å². The maximum atomic E-state index is 13.1. The van der Waals surface area contributed by atoms with E-state index in [9.17, 15) is 9.59 Å². The molecule has 2 aromatic heterocycles. The molecule has 2 aromatic carbocycles. The Hall–Kier alpha value is -3.64. The molecule has 6 nitrogen and oxygen atoms in total. The number of benzene rings is 2. The molecule has 0 spiro atoms. The summed E-state index contributed by atoms with van der Waals surface area (Å²) in [6.07, 6.45) is 3.59. The summed E-state index contributed by atoms with van der Waals surface area (Å²) in [5.74, 6) is -0.665. The number of ether oxygens (including phenoxy) is 1. The summed E-state index contributed by atoms with van der Waals surface area (Å²) < 4.78 is 6.74. The van der Waals surface area contributed by atoms with Crippen LogP contribution in [-0.4, -0.2) is 28.5 Å². The van der Waals surface area contributed by atoms with Crippen molar-refractivity contribution in [2.24, 2.45) is 0 Å². The van der Waals surface area contributed by atoms with Crippen molar-refractivity contribution in [2.75, 3.05) is 7.11 Å². The highest BCUT2D eigenvalue weighted by atomic mass is 35.5. The van der Waals surface area contributed by atoms with Crippen LogP contribution in [-0.2, 0) is 11.3 Å². The first-order chi connectivity index (χ1) is 15.5. The molecule has 0 fully saturated rings. The quantitative estimate of drug-likeness (QED) is 0.421. The highest BCUT2D eigenvalue weighted by molar-refractivity contribution is 6.30.